The highest BCUT2D eigenvalue weighted by Crippen LogP contribution is 2.59. The van der Waals surface area contributed by atoms with Gasteiger partial charge in [0.05, 0.1) is 0 Å². The minimum Gasteiger partial charge on any atom is -0.325 e. The third kappa shape index (κ3) is 0.618. The van der Waals surface area contributed by atoms with E-state index in [0.29, 0.717) is 5.54 Å². The van der Waals surface area contributed by atoms with E-state index >= 15 is 0 Å². The number of hydrogen-bond donors (Lipinski definition) is 1. The fourth-order valence-corrected chi connectivity index (χ4v) is 4.13. The lowest BCUT2D eigenvalue weighted by Gasteiger charge is -2.35. The Balaban J connectivity index is 2.00. The van der Waals surface area contributed by atoms with Crippen LogP contribution in [0.2, 0.25) is 0 Å². The van der Waals surface area contributed by atoms with Gasteiger partial charge < -0.3 is 5.73 Å². The number of rotatable bonds is 0. The van der Waals surface area contributed by atoms with Gasteiger partial charge in [0.15, 0.2) is 0 Å². The largest absolute Gasteiger partial charge is 0.325 e. The molecular weight excluding hydrogens is 134 g/mol. The third-order valence-corrected chi connectivity index (χ3v) is 4.62. The van der Waals surface area contributed by atoms with Crippen molar-refractivity contribution < 1.29 is 0 Å². The average molecular weight is 151 g/mol. The maximum Gasteiger partial charge on any atom is 0.0214 e. The third-order valence-electron chi connectivity index (χ3n) is 4.62. The summed E-state index contributed by atoms with van der Waals surface area (Å²) in [7, 11) is 0. The molecule has 0 aromatic carbocycles. The molecule has 2 N–H and O–H groups in total. The number of nitrogens with two attached hydrogens (primary N) is 1. The molecule has 4 atom stereocenters. The summed E-state index contributed by atoms with van der Waals surface area (Å²) in [5, 5.41) is 0. The summed E-state index contributed by atoms with van der Waals surface area (Å²) in [5.74, 6) is 2.88. The van der Waals surface area contributed by atoms with Crippen LogP contribution in [0.1, 0.15) is 38.5 Å². The molecule has 3 fully saturated rings. The highest BCUT2D eigenvalue weighted by atomic mass is 14.9. The Labute approximate surface area is 68.3 Å². The zero-order chi connectivity index (χ0) is 7.47. The average Bonchev–Trinajstić information content (AvgIpc) is 2.54. The predicted molar refractivity (Wildman–Crippen MR) is 45.1 cm³/mol. The van der Waals surface area contributed by atoms with Crippen LogP contribution in [0.15, 0.2) is 0 Å². The smallest absolute Gasteiger partial charge is 0.0214 e. The monoisotopic (exact) mass is 151 g/mol. The quantitative estimate of drug-likeness (QED) is 0.562. The van der Waals surface area contributed by atoms with Gasteiger partial charge >= 0.3 is 0 Å². The lowest BCUT2D eigenvalue weighted by molar-refractivity contribution is 0.210. The molecule has 0 unspecified atom stereocenters. The van der Waals surface area contributed by atoms with Crippen LogP contribution in [0.3, 0.4) is 0 Å². The Bertz CT molecular complexity index is 189. The molecule has 0 radical (unpaired) electrons. The van der Waals surface area contributed by atoms with Crippen molar-refractivity contribution >= 4 is 0 Å². The second kappa shape index (κ2) is 1.82. The molecule has 1 heteroatoms. The first-order valence-electron chi connectivity index (χ1n) is 5.09. The van der Waals surface area contributed by atoms with Crippen molar-refractivity contribution in [2.24, 2.45) is 23.5 Å². The van der Waals surface area contributed by atoms with Crippen molar-refractivity contribution in [2.75, 3.05) is 0 Å². The van der Waals surface area contributed by atoms with Gasteiger partial charge in [0.1, 0.15) is 0 Å². The van der Waals surface area contributed by atoms with Crippen molar-refractivity contribution in [1.82, 2.24) is 0 Å². The molecule has 2 bridgehead atoms. The van der Waals surface area contributed by atoms with Gasteiger partial charge in [-0.05, 0) is 49.9 Å². The highest BCUT2D eigenvalue weighted by molar-refractivity contribution is 5.12. The fraction of sp³-hybridized carbons (Fsp3) is 1.00. The highest BCUT2D eigenvalue weighted by Gasteiger charge is 2.57. The molecule has 3 aliphatic rings. The van der Waals surface area contributed by atoms with Gasteiger partial charge in [-0.15, -0.1) is 0 Å². The van der Waals surface area contributed by atoms with E-state index in [4.69, 9.17) is 5.73 Å². The minimum absolute atomic E-state index is 0.322. The summed E-state index contributed by atoms with van der Waals surface area (Å²) in [6.07, 6.45) is 8.60. The van der Waals surface area contributed by atoms with Crippen LogP contribution in [-0.2, 0) is 0 Å². The van der Waals surface area contributed by atoms with E-state index in [-0.39, 0.29) is 0 Å². The molecule has 0 amide bonds. The van der Waals surface area contributed by atoms with Gasteiger partial charge in [0.2, 0.25) is 0 Å². The molecule has 3 aliphatic carbocycles. The molecule has 0 aromatic rings. The maximum atomic E-state index is 6.45. The van der Waals surface area contributed by atoms with Crippen LogP contribution in [-0.4, -0.2) is 5.54 Å². The van der Waals surface area contributed by atoms with Crippen LogP contribution >= 0.6 is 0 Å². The summed E-state index contributed by atoms with van der Waals surface area (Å²) in [5.41, 5.74) is 6.77. The topological polar surface area (TPSA) is 26.0 Å². The fourth-order valence-electron chi connectivity index (χ4n) is 4.13. The van der Waals surface area contributed by atoms with Crippen LogP contribution in [0.4, 0.5) is 0 Å². The molecule has 3 rings (SSSR count). The van der Waals surface area contributed by atoms with Gasteiger partial charge in [-0.1, -0.05) is 6.42 Å². The first-order valence-corrected chi connectivity index (χ1v) is 5.09. The van der Waals surface area contributed by atoms with E-state index in [2.05, 4.69) is 0 Å². The normalized spacial score (nSPS) is 60.3. The second-order valence-electron chi connectivity index (χ2n) is 4.88. The van der Waals surface area contributed by atoms with Crippen molar-refractivity contribution in [3.63, 3.8) is 0 Å². The molecule has 3 saturated carbocycles. The summed E-state index contributed by atoms with van der Waals surface area (Å²) < 4.78 is 0. The van der Waals surface area contributed by atoms with E-state index in [0.717, 1.165) is 17.8 Å². The van der Waals surface area contributed by atoms with Crippen LogP contribution < -0.4 is 5.73 Å². The van der Waals surface area contributed by atoms with Gasteiger partial charge in [-0.3, -0.25) is 0 Å². The Morgan fingerprint density at radius 3 is 2.91 bits per heavy atom. The van der Waals surface area contributed by atoms with E-state index in [1.807, 2.05) is 0 Å². The Kier molecular flexibility index (Phi) is 1.07. The van der Waals surface area contributed by atoms with Crippen molar-refractivity contribution in [3.8, 4) is 0 Å². The molecule has 0 aliphatic heterocycles. The number of hydrogen-bond acceptors (Lipinski definition) is 1. The molecule has 0 spiro atoms. The van der Waals surface area contributed by atoms with Gasteiger partial charge in [0, 0.05) is 5.54 Å². The first kappa shape index (κ1) is 6.47. The summed E-state index contributed by atoms with van der Waals surface area (Å²) in [4.78, 5) is 0. The SMILES string of the molecule is N[C@]12CCC[C@H]1[C@H]1CC[C@@H]2C1. The molecule has 1 nitrogen and oxygen atoms in total. The standard InChI is InChI=1S/C10H17N/c11-10-5-1-2-9(10)7-3-4-8(10)6-7/h7-9H,1-6,11H2/t7-,8+,9-,10-/m0/s1. The van der Waals surface area contributed by atoms with E-state index < -0.39 is 0 Å². The Morgan fingerprint density at radius 1 is 1.18 bits per heavy atom. The minimum atomic E-state index is 0.322. The predicted octanol–water partition coefficient (Wildman–Crippen LogP) is 1.91. The lowest BCUT2D eigenvalue weighted by atomic mass is 9.76. The Hall–Kier alpha value is -0.0400. The zero-order valence-corrected chi connectivity index (χ0v) is 7.05. The van der Waals surface area contributed by atoms with Crippen LogP contribution in [0.5, 0.6) is 0 Å². The van der Waals surface area contributed by atoms with Crippen LogP contribution in [0, 0.1) is 17.8 Å². The van der Waals surface area contributed by atoms with Gasteiger partial charge in [-0.25, -0.2) is 0 Å². The van der Waals surface area contributed by atoms with E-state index in [1.165, 1.54) is 38.5 Å². The van der Waals surface area contributed by atoms with Gasteiger partial charge in [0.25, 0.3) is 0 Å². The first-order chi connectivity index (χ1) is 5.31. The second-order valence-corrected chi connectivity index (χ2v) is 4.88. The van der Waals surface area contributed by atoms with Crippen LogP contribution in [0.25, 0.3) is 0 Å². The Morgan fingerprint density at radius 2 is 2.09 bits per heavy atom. The zero-order valence-electron chi connectivity index (χ0n) is 7.05. The lowest BCUT2D eigenvalue weighted by Crippen LogP contribution is -2.47. The number of fused-ring (bicyclic) bond motifs is 5. The summed E-state index contributed by atoms with van der Waals surface area (Å²) in [6.45, 7) is 0. The molecule has 0 aromatic heterocycles. The molecule has 0 saturated heterocycles. The molecule has 0 heterocycles. The molecule has 62 valence electrons. The van der Waals surface area contributed by atoms with Crippen molar-refractivity contribution in [3.05, 3.63) is 0 Å². The molecule has 11 heavy (non-hydrogen) atoms. The maximum absolute atomic E-state index is 6.45. The summed E-state index contributed by atoms with van der Waals surface area (Å²) in [6, 6.07) is 0. The van der Waals surface area contributed by atoms with E-state index in [9.17, 15) is 0 Å². The summed E-state index contributed by atoms with van der Waals surface area (Å²) >= 11 is 0. The van der Waals surface area contributed by atoms with Crippen molar-refractivity contribution in [1.29, 1.82) is 0 Å². The molecular formula is C10H17N. The van der Waals surface area contributed by atoms with E-state index in [1.54, 1.807) is 0 Å². The van der Waals surface area contributed by atoms with Crippen molar-refractivity contribution in [2.45, 2.75) is 44.1 Å². The van der Waals surface area contributed by atoms with Gasteiger partial charge in [-0.2, -0.15) is 0 Å².